The second-order valence-electron chi connectivity index (χ2n) is 4.66. The van der Waals surface area contributed by atoms with Gasteiger partial charge in [-0.25, -0.2) is 0 Å². The van der Waals surface area contributed by atoms with Crippen LogP contribution in [0.1, 0.15) is 35.7 Å². The Labute approximate surface area is 97.3 Å². The third-order valence-corrected chi connectivity index (χ3v) is 3.21. The zero-order valence-corrected chi connectivity index (χ0v) is 10.1. The van der Waals surface area contributed by atoms with E-state index in [1.54, 1.807) is 0 Å². The Balaban J connectivity index is 2.24. The topological polar surface area (TPSA) is 20.3 Å². The maximum atomic E-state index is 11.1. The molecule has 0 heterocycles. The highest BCUT2D eigenvalue weighted by molar-refractivity contribution is 5.85. The molecule has 0 aromatic heterocycles. The van der Waals surface area contributed by atoms with E-state index in [9.17, 15) is 4.79 Å². The monoisotopic (exact) mass is 217 g/mol. The van der Waals surface area contributed by atoms with Crippen molar-refractivity contribution in [2.45, 2.75) is 26.7 Å². The van der Waals surface area contributed by atoms with Crippen molar-refractivity contribution in [3.05, 3.63) is 29.3 Å². The molecule has 86 valence electrons. The van der Waals surface area contributed by atoms with Crippen molar-refractivity contribution in [1.82, 2.24) is 0 Å². The van der Waals surface area contributed by atoms with E-state index in [2.05, 4.69) is 24.0 Å². The highest BCUT2D eigenvalue weighted by Crippen LogP contribution is 2.32. The van der Waals surface area contributed by atoms with Gasteiger partial charge in [-0.2, -0.15) is 0 Å². The molecule has 0 radical (unpaired) electrons. The van der Waals surface area contributed by atoms with E-state index in [0.29, 0.717) is 0 Å². The molecule has 0 unspecified atom stereocenters. The predicted octanol–water partition coefficient (Wildman–Crippen LogP) is 3.04. The molecular formula is C14H19NO. The minimum Gasteiger partial charge on any atom is -0.371 e. The van der Waals surface area contributed by atoms with Crippen LogP contribution in [0.3, 0.4) is 0 Å². The molecule has 0 saturated heterocycles. The van der Waals surface area contributed by atoms with Crippen molar-refractivity contribution in [2.24, 2.45) is 5.92 Å². The van der Waals surface area contributed by atoms with E-state index in [0.717, 1.165) is 42.1 Å². The van der Waals surface area contributed by atoms with E-state index in [1.807, 2.05) is 13.0 Å². The normalized spacial score (nSPS) is 14.9. The van der Waals surface area contributed by atoms with Crippen molar-refractivity contribution in [3.8, 4) is 0 Å². The predicted molar refractivity (Wildman–Crippen MR) is 67.2 cm³/mol. The zero-order chi connectivity index (χ0) is 11.5. The first kappa shape index (κ1) is 11.2. The summed E-state index contributed by atoms with van der Waals surface area (Å²) in [5.41, 5.74) is 3.06. The minimum absolute atomic E-state index is 0.822. The Morgan fingerprint density at radius 1 is 1.44 bits per heavy atom. The maximum Gasteiger partial charge on any atom is 0.152 e. The summed E-state index contributed by atoms with van der Waals surface area (Å²) < 4.78 is 0. The van der Waals surface area contributed by atoms with Gasteiger partial charge in [0.2, 0.25) is 0 Å². The highest BCUT2D eigenvalue weighted by atomic mass is 16.1. The Morgan fingerprint density at radius 3 is 2.75 bits per heavy atom. The molecular weight excluding hydrogens is 198 g/mol. The number of rotatable bonds is 5. The molecule has 2 nitrogen and oxygen atoms in total. The van der Waals surface area contributed by atoms with Crippen LogP contribution in [0, 0.1) is 12.8 Å². The standard InChI is InChI=1S/C14H19NO/c1-3-15(9-12-5-6-12)14-7-4-11(2)8-13(14)10-16/h4,7-8,10,12H,3,5-6,9H2,1-2H3. The van der Waals surface area contributed by atoms with Gasteiger partial charge in [-0.1, -0.05) is 11.6 Å². The van der Waals surface area contributed by atoms with Crippen LogP contribution in [-0.2, 0) is 0 Å². The Bertz CT molecular complexity index is 382. The van der Waals surface area contributed by atoms with Gasteiger partial charge in [0.25, 0.3) is 0 Å². The van der Waals surface area contributed by atoms with Crippen LogP contribution in [-0.4, -0.2) is 19.4 Å². The fraction of sp³-hybridized carbons (Fsp3) is 0.500. The molecule has 1 aromatic rings. The van der Waals surface area contributed by atoms with E-state index >= 15 is 0 Å². The summed E-state index contributed by atoms with van der Waals surface area (Å²) in [4.78, 5) is 13.4. The molecule has 0 N–H and O–H groups in total. The first-order valence-electron chi connectivity index (χ1n) is 6.05. The summed E-state index contributed by atoms with van der Waals surface area (Å²) >= 11 is 0. The Morgan fingerprint density at radius 2 is 2.19 bits per heavy atom. The van der Waals surface area contributed by atoms with Gasteiger partial charge in [0.05, 0.1) is 0 Å². The molecule has 0 aliphatic heterocycles. The average Bonchev–Trinajstić information content (AvgIpc) is 3.10. The summed E-state index contributed by atoms with van der Waals surface area (Å²) in [7, 11) is 0. The SMILES string of the molecule is CCN(CC1CC1)c1ccc(C)cc1C=O. The summed E-state index contributed by atoms with van der Waals surface area (Å²) in [6.45, 7) is 6.24. The van der Waals surface area contributed by atoms with Gasteiger partial charge >= 0.3 is 0 Å². The fourth-order valence-corrected chi connectivity index (χ4v) is 2.07. The van der Waals surface area contributed by atoms with Crippen LogP contribution in [0.2, 0.25) is 0 Å². The summed E-state index contributed by atoms with van der Waals surface area (Å²) in [5, 5.41) is 0. The number of hydrogen-bond acceptors (Lipinski definition) is 2. The van der Waals surface area contributed by atoms with Crippen LogP contribution in [0.15, 0.2) is 18.2 Å². The van der Waals surface area contributed by atoms with Gasteiger partial charge in [-0.05, 0) is 44.7 Å². The number of nitrogens with zero attached hydrogens (tertiary/aromatic N) is 1. The van der Waals surface area contributed by atoms with Crippen molar-refractivity contribution in [1.29, 1.82) is 0 Å². The van der Waals surface area contributed by atoms with Crippen LogP contribution < -0.4 is 4.90 Å². The van der Waals surface area contributed by atoms with Gasteiger partial charge < -0.3 is 4.90 Å². The molecule has 1 aliphatic carbocycles. The van der Waals surface area contributed by atoms with Crippen molar-refractivity contribution < 1.29 is 4.79 Å². The number of aldehydes is 1. The molecule has 1 fully saturated rings. The lowest BCUT2D eigenvalue weighted by Gasteiger charge is -2.24. The molecule has 0 bridgehead atoms. The highest BCUT2D eigenvalue weighted by Gasteiger charge is 2.24. The van der Waals surface area contributed by atoms with E-state index < -0.39 is 0 Å². The zero-order valence-electron chi connectivity index (χ0n) is 10.1. The number of benzene rings is 1. The van der Waals surface area contributed by atoms with Crippen LogP contribution in [0.5, 0.6) is 0 Å². The molecule has 16 heavy (non-hydrogen) atoms. The van der Waals surface area contributed by atoms with Gasteiger partial charge in [0, 0.05) is 24.3 Å². The average molecular weight is 217 g/mol. The third kappa shape index (κ3) is 2.43. The fourth-order valence-electron chi connectivity index (χ4n) is 2.07. The molecule has 2 heteroatoms. The van der Waals surface area contributed by atoms with Crippen LogP contribution in [0.4, 0.5) is 5.69 Å². The summed E-state index contributed by atoms with van der Waals surface area (Å²) in [6, 6.07) is 6.13. The summed E-state index contributed by atoms with van der Waals surface area (Å²) in [6.07, 6.45) is 3.66. The lowest BCUT2D eigenvalue weighted by atomic mass is 10.1. The Hall–Kier alpha value is -1.31. The lowest BCUT2D eigenvalue weighted by Crippen LogP contribution is -2.26. The van der Waals surface area contributed by atoms with E-state index in [-0.39, 0.29) is 0 Å². The quantitative estimate of drug-likeness (QED) is 0.706. The van der Waals surface area contributed by atoms with Crippen molar-refractivity contribution in [2.75, 3.05) is 18.0 Å². The van der Waals surface area contributed by atoms with Gasteiger partial charge in [0.1, 0.15) is 0 Å². The van der Waals surface area contributed by atoms with E-state index in [4.69, 9.17) is 0 Å². The first-order chi connectivity index (χ1) is 7.74. The molecule has 0 atom stereocenters. The number of anilines is 1. The van der Waals surface area contributed by atoms with Crippen molar-refractivity contribution in [3.63, 3.8) is 0 Å². The number of carbonyl (C=O) groups excluding carboxylic acids is 1. The molecule has 1 aliphatic rings. The summed E-state index contributed by atoms with van der Waals surface area (Å²) in [5.74, 6) is 0.848. The molecule has 2 rings (SSSR count). The number of carbonyl (C=O) groups is 1. The third-order valence-electron chi connectivity index (χ3n) is 3.21. The second-order valence-corrected chi connectivity index (χ2v) is 4.66. The molecule has 1 aromatic carbocycles. The minimum atomic E-state index is 0.822. The molecule has 0 amide bonds. The van der Waals surface area contributed by atoms with Gasteiger partial charge in [-0.15, -0.1) is 0 Å². The second kappa shape index (κ2) is 4.69. The van der Waals surface area contributed by atoms with Crippen LogP contribution in [0.25, 0.3) is 0 Å². The number of aryl methyl sites for hydroxylation is 1. The van der Waals surface area contributed by atoms with Crippen molar-refractivity contribution >= 4 is 12.0 Å². The lowest BCUT2D eigenvalue weighted by molar-refractivity contribution is 0.112. The molecule has 1 saturated carbocycles. The Kier molecular flexibility index (Phi) is 3.28. The van der Waals surface area contributed by atoms with Gasteiger partial charge in [-0.3, -0.25) is 4.79 Å². The maximum absolute atomic E-state index is 11.1. The van der Waals surface area contributed by atoms with E-state index in [1.165, 1.54) is 12.8 Å². The largest absolute Gasteiger partial charge is 0.371 e. The molecule has 0 spiro atoms. The van der Waals surface area contributed by atoms with Crippen LogP contribution >= 0.6 is 0 Å². The first-order valence-corrected chi connectivity index (χ1v) is 6.05. The number of hydrogen-bond donors (Lipinski definition) is 0. The van der Waals surface area contributed by atoms with Gasteiger partial charge in [0.15, 0.2) is 6.29 Å². The smallest absolute Gasteiger partial charge is 0.152 e.